The lowest BCUT2D eigenvalue weighted by molar-refractivity contribution is -0.121. The van der Waals surface area contributed by atoms with E-state index in [-0.39, 0.29) is 24.2 Å². The molecule has 0 aliphatic carbocycles. The monoisotopic (exact) mass is 276 g/mol. The first-order valence-electron chi connectivity index (χ1n) is 7.38. The number of fused-ring (bicyclic) bond motifs is 2. The van der Waals surface area contributed by atoms with Crippen molar-refractivity contribution in [3.8, 4) is 0 Å². The minimum absolute atomic E-state index is 0.0657. The molecule has 0 radical (unpaired) electrons. The number of halogens is 1. The van der Waals surface area contributed by atoms with Gasteiger partial charge in [-0.15, -0.1) is 0 Å². The van der Waals surface area contributed by atoms with Crippen molar-refractivity contribution in [1.82, 2.24) is 10.2 Å². The molecule has 2 fully saturated rings. The van der Waals surface area contributed by atoms with Crippen molar-refractivity contribution in [3.05, 3.63) is 35.6 Å². The summed E-state index contributed by atoms with van der Waals surface area (Å²) in [4.78, 5) is 14.5. The van der Waals surface area contributed by atoms with Gasteiger partial charge < -0.3 is 10.2 Å². The number of benzene rings is 1. The fourth-order valence-electron chi connectivity index (χ4n) is 3.62. The molecule has 20 heavy (non-hydrogen) atoms. The lowest BCUT2D eigenvalue weighted by Gasteiger charge is -2.36. The Morgan fingerprint density at radius 2 is 1.95 bits per heavy atom. The minimum Gasteiger partial charge on any atom is -0.353 e. The molecule has 1 aromatic rings. The van der Waals surface area contributed by atoms with E-state index >= 15 is 0 Å². The SMILES string of the molecule is CN1[C@H]2CC[C@H]1CC(NC(=O)Cc1ccccc1F)C2. The molecule has 2 saturated heterocycles. The van der Waals surface area contributed by atoms with Gasteiger partial charge in [-0.25, -0.2) is 4.39 Å². The molecule has 0 aromatic heterocycles. The van der Waals surface area contributed by atoms with Crippen molar-refractivity contribution in [2.75, 3.05) is 7.05 Å². The predicted molar refractivity (Wildman–Crippen MR) is 75.8 cm³/mol. The van der Waals surface area contributed by atoms with Gasteiger partial charge in [0.25, 0.3) is 0 Å². The Morgan fingerprint density at radius 1 is 1.30 bits per heavy atom. The summed E-state index contributed by atoms with van der Waals surface area (Å²) in [7, 11) is 2.18. The Hall–Kier alpha value is -1.42. The van der Waals surface area contributed by atoms with Crippen LogP contribution >= 0.6 is 0 Å². The summed E-state index contributed by atoms with van der Waals surface area (Å²) >= 11 is 0. The smallest absolute Gasteiger partial charge is 0.224 e. The van der Waals surface area contributed by atoms with Crippen molar-refractivity contribution < 1.29 is 9.18 Å². The molecule has 0 spiro atoms. The lowest BCUT2D eigenvalue weighted by Crippen LogP contribution is -2.49. The van der Waals surface area contributed by atoms with Crippen LogP contribution < -0.4 is 5.32 Å². The summed E-state index contributed by atoms with van der Waals surface area (Å²) in [5.74, 6) is -0.366. The number of piperidine rings is 1. The third-order valence-corrected chi connectivity index (χ3v) is 4.77. The Bertz CT molecular complexity index is 491. The predicted octanol–water partition coefficient (Wildman–Crippen LogP) is 2.11. The second-order valence-corrected chi connectivity index (χ2v) is 6.05. The number of hydrogen-bond acceptors (Lipinski definition) is 2. The lowest BCUT2D eigenvalue weighted by atomic mass is 9.97. The van der Waals surface area contributed by atoms with E-state index < -0.39 is 0 Å². The zero-order valence-corrected chi connectivity index (χ0v) is 11.8. The van der Waals surface area contributed by atoms with Crippen LogP contribution in [0.4, 0.5) is 4.39 Å². The molecule has 3 rings (SSSR count). The average molecular weight is 276 g/mol. The molecular formula is C16H21FN2O. The van der Waals surface area contributed by atoms with E-state index in [0.717, 1.165) is 12.8 Å². The number of amides is 1. The van der Waals surface area contributed by atoms with E-state index in [0.29, 0.717) is 17.6 Å². The first kappa shape index (κ1) is 13.6. The molecule has 1 N–H and O–H groups in total. The zero-order valence-electron chi connectivity index (χ0n) is 11.8. The molecular weight excluding hydrogens is 255 g/mol. The second kappa shape index (κ2) is 5.52. The van der Waals surface area contributed by atoms with Crippen LogP contribution in [0.25, 0.3) is 0 Å². The normalized spacial score (nSPS) is 29.4. The Morgan fingerprint density at radius 3 is 2.60 bits per heavy atom. The molecule has 2 aliphatic heterocycles. The molecule has 1 amide bonds. The highest BCUT2D eigenvalue weighted by Gasteiger charge is 2.38. The second-order valence-electron chi connectivity index (χ2n) is 6.05. The summed E-state index contributed by atoms with van der Waals surface area (Å²) in [6.45, 7) is 0. The molecule has 3 nitrogen and oxygen atoms in total. The van der Waals surface area contributed by atoms with Gasteiger partial charge in [-0.1, -0.05) is 18.2 Å². The van der Waals surface area contributed by atoms with Crippen molar-refractivity contribution in [2.24, 2.45) is 0 Å². The summed E-state index contributed by atoms with van der Waals surface area (Å²) in [6.07, 6.45) is 4.65. The summed E-state index contributed by atoms with van der Waals surface area (Å²) in [5.41, 5.74) is 0.473. The van der Waals surface area contributed by atoms with Gasteiger partial charge in [0, 0.05) is 18.1 Å². The number of nitrogens with one attached hydrogen (secondary N) is 1. The highest BCUT2D eigenvalue weighted by atomic mass is 19.1. The molecule has 2 atom stereocenters. The van der Waals surface area contributed by atoms with Crippen LogP contribution in [0.3, 0.4) is 0 Å². The van der Waals surface area contributed by atoms with Crippen LogP contribution in [0.15, 0.2) is 24.3 Å². The van der Waals surface area contributed by atoms with Crippen LogP contribution in [0.1, 0.15) is 31.2 Å². The maximum atomic E-state index is 13.5. The summed E-state index contributed by atoms with van der Waals surface area (Å²) in [6, 6.07) is 7.95. The third kappa shape index (κ3) is 2.70. The molecule has 0 unspecified atom stereocenters. The molecule has 0 saturated carbocycles. The van der Waals surface area contributed by atoms with E-state index in [2.05, 4.69) is 17.3 Å². The van der Waals surface area contributed by atoms with Crippen LogP contribution in [-0.4, -0.2) is 36.0 Å². The Labute approximate surface area is 119 Å². The number of hydrogen-bond donors (Lipinski definition) is 1. The zero-order chi connectivity index (χ0) is 14.1. The molecule has 2 bridgehead atoms. The van der Waals surface area contributed by atoms with Crippen LogP contribution in [0, 0.1) is 5.82 Å². The topological polar surface area (TPSA) is 32.3 Å². The van der Waals surface area contributed by atoms with Crippen molar-refractivity contribution in [2.45, 2.75) is 50.2 Å². The van der Waals surface area contributed by atoms with Gasteiger partial charge in [-0.3, -0.25) is 4.79 Å². The van der Waals surface area contributed by atoms with Crippen molar-refractivity contribution in [3.63, 3.8) is 0 Å². The third-order valence-electron chi connectivity index (χ3n) is 4.77. The highest BCUT2D eigenvalue weighted by molar-refractivity contribution is 5.78. The van der Waals surface area contributed by atoms with Crippen LogP contribution in [0.5, 0.6) is 0 Å². The van der Waals surface area contributed by atoms with Gasteiger partial charge in [-0.05, 0) is 44.4 Å². The first-order valence-corrected chi connectivity index (χ1v) is 7.38. The number of nitrogens with zero attached hydrogens (tertiary/aromatic N) is 1. The summed E-state index contributed by atoms with van der Waals surface area (Å²) in [5, 5.41) is 3.08. The molecule has 2 aliphatic rings. The minimum atomic E-state index is -0.300. The van der Waals surface area contributed by atoms with Crippen molar-refractivity contribution in [1.29, 1.82) is 0 Å². The van der Waals surface area contributed by atoms with E-state index in [9.17, 15) is 9.18 Å². The van der Waals surface area contributed by atoms with Crippen LogP contribution in [-0.2, 0) is 11.2 Å². The number of carbonyl (C=O) groups excluding carboxylic acids is 1. The molecule has 2 heterocycles. The quantitative estimate of drug-likeness (QED) is 0.917. The highest BCUT2D eigenvalue weighted by Crippen LogP contribution is 2.34. The average Bonchev–Trinajstić information content (AvgIpc) is 2.63. The largest absolute Gasteiger partial charge is 0.353 e. The fourth-order valence-corrected chi connectivity index (χ4v) is 3.62. The van der Waals surface area contributed by atoms with Gasteiger partial charge in [-0.2, -0.15) is 0 Å². The maximum Gasteiger partial charge on any atom is 0.224 e. The van der Waals surface area contributed by atoms with Crippen LogP contribution in [0.2, 0.25) is 0 Å². The Balaban J connectivity index is 1.56. The van der Waals surface area contributed by atoms with Crippen molar-refractivity contribution >= 4 is 5.91 Å². The van der Waals surface area contributed by atoms with Gasteiger partial charge in [0.1, 0.15) is 5.82 Å². The molecule has 1 aromatic carbocycles. The standard InChI is InChI=1S/C16H21FN2O/c1-19-13-6-7-14(19)10-12(9-13)18-16(20)8-11-4-2-3-5-15(11)17/h2-5,12-14H,6-10H2,1H3,(H,18,20)/t13-,14-/m0/s1. The molecule has 108 valence electrons. The van der Waals surface area contributed by atoms with Gasteiger partial charge in [0.05, 0.1) is 6.42 Å². The van der Waals surface area contributed by atoms with Gasteiger partial charge in [0.2, 0.25) is 5.91 Å². The summed E-state index contributed by atoms with van der Waals surface area (Å²) < 4.78 is 13.5. The number of carbonyl (C=O) groups is 1. The van der Waals surface area contributed by atoms with Gasteiger partial charge >= 0.3 is 0 Å². The number of rotatable bonds is 3. The Kier molecular flexibility index (Phi) is 3.74. The van der Waals surface area contributed by atoms with E-state index in [4.69, 9.17) is 0 Å². The fraction of sp³-hybridized carbons (Fsp3) is 0.562. The van der Waals surface area contributed by atoms with E-state index in [1.54, 1.807) is 18.2 Å². The maximum absolute atomic E-state index is 13.5. The van der Waals surface area contributed by atoms with Gasteiger partial charge in [0.15, 0.2) is 0 Å². The first-order chi connectivity index (χ1) is 9.63. The van der Waals surface area contributed by atoms with E-state index in [1.165, 1.54) is 18.9 Å². The van der Waals surface area contributed by atoms with E-state index in [1.807, 2.05) is 0 Å². The molecule has 4 heteroatoms.